The Morgan fingerprint density at radius 1 is 1.47 bits per heavy atom. The van der Waals surface area contributed by atoms with Gasteiger partial charge in [0.15, 0.2) is 0 Å². The smallest absolute Gasteiger partial charge is 0.220 e. The first-order valence-electron chi connectivity index (χ1n) is 6.49. The fraction of sp³-hybridized carbons (Fsp3) is 0.429. The monoisotopic (exact) mass is 277 g/mol. The minimum absolute atomic E-state index is 0.112. The van der Waals surface area contributed by atoms with Gasteiger partial charge >= 0.3 is 0 Å². The summed E-state index contributed by atoms with van der Waals surface area (Å²) >= 11 is 1.68. The summed E-state index contributed by atoms with van der Waals surface area (Å²) in [7, 11) is 0. The van der Waals surface area contributed by atoms with Crippen LogP contribution < -0.4 is 5.32 Å². The number of hydrogen-bond acceptors (Lipinski definition) is 3. The predicted octanol–water partition coefficient (Wildman–Crippen LogP) is 2.77. The lowest BCUT2D eigenvalue weighted by atomic mass is 10.1. The molecule has 4 nitrogen and oxygen atoms in total. The molecular formula is C14H19N3OS. The van der Waals surface area contributed by atoms with Crippen molar-refractivity contribution < 1.29 is 4.79 Å². The number of aromatic nitrogens is 2. The van der Waals surface area contributed by atoms with Crippen LogP contribution in [0.3, 0.4) is 0 Å². The van der Waals surface area contributed by atoms with Crippen molar-refractivity contribution in [2.24, 2.45) is 5.92 Å². The van der Waals surface area contributed by atoms with Crippen LogP contribution in [0.4, 0.5) is 0 Å². The summed E-state index contributed by atoms with van der Waals surface area (Å²) in [6, 6.07) is 6.08. The number of nitrogens with one attached hydrogen (secondary N) is 1. The van der Waals surface area contributed by atoms with Gasteiger partial charge in [-0.15, -0.1) is 11.3 Å². The Morgan fingerprint density at radius 2 is 2.32 bits per heavy atom. The number of carbonyl (C=O) groups excluding carboxylic acids is 1. The van der Waals surface area contributed by atoms with Crippen LogP contribution in [-0.2, 0) is 11.3 Å². The van der Waals surface area contributed by atoms with Gasteiger partial charge in [-0.3, -0.25) is 9.48 Å². The molecule has 0 saturated heterocycles. The molecule has 0 bridgehead atoms. The van der Waals surface area contributed by atoms with E-state index in [-0.39, 0.29) is 5.91 Å². The van der Waals surface area contributed by atoms with E-state index in [0.717, 1.165) is 5.69 Å². The molecule has 0 aromatic carbocycles. The molecule has 2 aromatic heterocycles. The van der Waals surface area contributed by atoms with Gasteiger partial charge in [-0.1, -0.05) is 19.9 Å². The molecule has 0 radical (unpaired) electrons. The van der Waals surface area contributed by atoms with E-state index in [9.17, 15) is 4.79 Å². The van der Waals surface area contributed by atoms with Gasteiger partial charge in [-0.2, -0.15) is 5.10 Å². The molecule has 1 amide bonds. The van der Waals surface area contributed by atoms with Gasteiger partial charge in [0.05, 0.1) is 11.4 Å². The molecule has 0 fully saturated rings. The highest BCUT2D eigenvalue weighted by atomic mass is 32.1. The van der Waals surface area contributed by atoms with Crippen molar-refractivity contribution in [3.05, 3.63) is 29.8 Å². The Bertz CT molecular complexity index is 517. The van der Waals surface area contributed by atoms with E-state index in [0.29, 0.717) is 25.4 Å². The summed E-state index contributed by atoms with van der Waals surface area (Å²) in [5.74, 6) is 0.510. The molecule has 0 unspecified atom stereocenters. The molecule has 0 aliphatic carbocycles. The zero-order chi connectivity index (χ0) is 13.7. The van der Waals surface area contributed by atoms with E-state index in [1.165, 1.54) is 4.88 Å². The Kier molecular flexibility index (Phi) is 4.74. The second-order valence-electron chi connectivity index (χ2n) is 4.89. The maximum atomic E-state index is 11.5. The lowest BCUT2D eigenvalue weighted by Crippen LogP contribution is -2.28. The normalized spacial score (nSPS) is 10.9. The number of nitrogens with zero attached hydrogens (tertiary/aromatic N) is 2. The summed E-state index contributed by atoms with van der Waals surface area (Å²) in [5, 5.41) is 9.44. The molecule has 0 aliphatic heterocycles. The molecule has 2 aromatic rings. The molecule has 0 atom stereocenters. The third-order valence-corrected chi connectivity index (χ3v) is 3.56. The molecule has 5 heteroatoms. The topological polar surface area (TPSA) is 46.9 Å². The highest BCUT2D eigenvalue weighted by Gasteiger charge is 2.05. The fourth-order valence-electron chi connectivity index (χ4n) is 1.79. The van der Waals surface area contributed by atoms with Crippen molar-refractivity contribution in [2.75, 3.05) is 6.54 Å². The fourth-order valence-corrected chi connectivity index (χ4v) is 2.49. The first-order chi connectivity index (χ1) is 9.15. The van der Waals surface area contributed by atoms with Crippen LogP contribution in [0.1, 0.15) is 20.3 Å². The van der Waals surface area contributed by atoms with Crippen LogP contribution in [0.5, 0.6) is 0 Å². The molecule has 1 N–H and O–H groups in total. The van der Waals surface area contributed by atoms with Crippen molar-refractivity contribution in [2.45, 2.75) is 26.8 Å². The van der Waals surface area contributed by atoms with E-state index >= 15 is 0 Å². The first kappa shape index (κ1) is 13.8. The number of thiophene rings is 1. The summed E-state index contributed by atoms with van der Waals surface area (Å²) < 4.78 is 1.87. The van der Waals surface area contributed by atoms with Crippen LogP contribution in [0, 0.1) is 5.92 Å². The first-order valence-corrected chi connectivity index (χ1v) is 7.37. The van der Waals surface area contributed by atoms with Crippen molar-refractivity contribution in [3.8, 4) is 10.6 Å². The summed E-state index contributed by atoms with van der Waals surface area (Å²) in [4.78, 5) is 12.7. The maximum Gasteiger partial charge on any atom is 0.220 e. The van der Waals surface area contributed by atoms with Crippen molar-refractivity contribution in [1.82, 2.24) is 15.1 Å². The third-order valence-electron chi connectivity index (χ3n) is 2.67. The standard InChI is InChI=1S/C14H19N3OS/c1-11(2)10-14(18)15-6-8-17-7-5-12(16-17)13-4-3-9-19-13/h3-5,7,9,11H,6,8,10H2,1-2H3,(H,15,18). The minimum atomic E-state index is 0.112. The van der Waals surface area contributed by atoms with Crippen molar-refractivity contribution >= 4 is 17.2 Å². The van der Waals surface area contributed by atoms with Gasteiger partial charge in [0, 0.05) is 19.2 Å². The highest BCUT2D eigenvalue weighted by Crippen LogP contribution is 2.22. The number of hydrogen-bond donors (Lipinski definition) is 1. The number of carbonyl (C=O) groups is 1. The van der Waals surface area contributed by atoms with Crippen LogP contribution >= 0.6 is 11.3 Å². The average Bonchev–Trinajstić information content (AvgIpc) is 2.97. The Balaban J connectivity index is 1.79. The molecule has 2 rings (SSSR count). The summed E-state index contributed by atoms with van der Waals surface area (Å²) in [6.45, 7) is 5.41. The zero-order valence-electron chi connectivity index (χ0n) is 11.3. The average molecular weight is 277 g/mol. The van der Waals surface area contributed by atoms with E-state index in [2.05, 4.69) is 16.5 Å². The molecule has 0 aliphatic rings. The third kappa shape index (κ3) is 4.21. The largest absolute Gasteiger partial charge is 0.354 e. The van der Waals surface area contributed by atoms with Crippen LogP contribution in [-0.4, -0.2) is 22.2 Å². The Labute approximate surface area is 117 Å². The van der Waals surface area contributed by atoms with E-state index in [1.54, 1.807) is 11.3 Å². The molecule has 2 heterocycles. The second kappa shape index (κ2) is 6.52. The minimum Gasteiger partial charge on any atom is -0.354 e. The predicted molar refractivity (Wildman–Crippen MR) is 78.0 cm³/mol. The molecule has 0 spiro atoms. The molecular weight excluding hydrogens is 258 g/mol. The van der Waals surface area contributed by atoms with Crippen molar-refractivity contribution in [1.29, 1.82) is 0 Å². The van der Waals surface area contributed by atoms with Gasteiger partial charge < -0.3 is 5.32 Å². The highest BCUT2D eigenvalue weighted by molar-refractivity contribution is 7.13. The van der Waals surface area contributed by atoms with Gasteiger partial charge in [-0.05, 0) is 23.4 Å². The Morgan fingerprint density at radius 3 is 3.00 bits per heavy atom. The maximum absolute atomic E-state index is 11.5. The molecule has 102 valence electrons. The lowest BCUT2D eigenvalue weighted by Gasteiger charge is -2.07. The zero-order valence-corrected chi connectivity index (χ0v) is 12.1. The van der Waals surface area contributed by atoms with Gasteiger partial charge in [0.1, 0.15) is 5.69 Å². The summed E-state index contributed by atoms with van der Waals surface area (Å²) in [5.41, 5.74) is 0.989. The van der Waals surface area contributed by atoms with Crippen molar-refractivity contribution in [3.63, 3.8) is 0 Å². The van der Waals surface area contributed by atoms with Gasteiger partial charge in [0.2, 0.25) is 5.91 Å². The van der Waals surface area contributed by atoms with E-state index < -0.39 is 0 Å². The number of rotatable bonds is 6. The van der Waals surface area contributed by atoms with Crippen LogP contribution in [0.25, 0.3) is 10.6 Å². The van der Waals surface area contributed by atoms with Crippen LogP contribution in [0.2, 0.25) is 0 Å². The van der Waals surface area contributed by atoms with Crippen LogP contribution in [0.15, 0.2) is 29.8 Å². The lowest BCUT2D eigenvalue weighted by molar-refractivity contribution is -0.121. The quantitative estimate of drug-likeness (QED) is 0.882. The van der Waals surface area contributed by atoms with E-state index in [1.807, 2.05) is 42.2 Å². The molecule has 19 heavy (non-hydrogen) atoms. The Hall–Kier alpha value is -1.62. The number of amides is 1. The summed E-state index contributed by atoms with van der Waals surface area (Å²) in [6.07, 6.45) is 2.53. The second-order valence-corrected chi connectivity index (χ2v) is 5.84. The van der Waals surface area contributed by atoms with Gasteiger partial charge in [-0.25, -0.2) is 0 Å². The van der Waals surface area contributed by atoms with E-state index in [4.69, 9.17) is 0 Å². The molecule has 0 saturated carbocycles. The SMILES string of the molecule is CC(C)CC(=O)NCCn1ccc(-c2cccs2)n1. The van der Waals surface area contributed by atoms with Gasteiger partial charge in [0.25, 0.3) is 0 Å².